The molecule has 1 rings (SSSR count). The highest BCUT2D eigenvalue weighted by Gasteiger charge is 2.35. The fourth-order valence-electron chi connectivity index (χ4n) is 1.95. The molecule has 90 valence electrons. The Hall–Kier alpha value is 0.210. The van der Waals surface area contributed by atoms with E-state index in [4.69, 9.17) is 21.1 Å². The molecule has 0 spiro atoms. The van der Waals surface area contributed by atoms with Crippen LogP contribution in [0.2, 0.25) is 0 Å². The zero-order valence-electron chi connectivity index (χ0n) is 9.93. The molecule has 2 nitrogen and oxygen atoms in total. The zero-order valence-corrected chi connectivity index (χ0v) is 10.7. The minimum atomic E-state index is -0.369. The van der Waals surface area contributed by atoms with Gasteiger partial charge in [0.25, 0.3) is 0 Å². The first kappa shape index (κ1) is 13.3. The molecule has 0 saturated carbocycles. The van der Waals surface area contributed by atoms with Gasteiger partial charge in [0.2, 0.25) is 0 Å². The van der Waals surface area contributed by atoms with E-state index in [0.717, 1.165) is 6.42 Å². The average Bonchev–Trinajstić information content (AvgIpc) is 2.61. The van der Waals surface area contributed by atoms with E-state index >= 15 is 0 Å². The van der Waals surface area contributed by atoms with E-state index in [1.54, 1.807) is 0 Å². The van der Waals surface area contributed by atoms with Gasteiger partial charge in [-0.15, -0.1) is 11.6 Å². The van der Waals surface area contributed by atoms with Gasteiger partial charge in [0.05, 0.1) is 18.6 Å². The Balaban J connectivity index is 2.10. The van der Waals surface area contributed by atoms with Crippen molar-refractivity contribution >= 4 is 11.6 Å². The van der Waals surface area contributed by atoms with Gasteiger partial charge >= 0.3 is 0 Å². The van der Waals surface area contributed by atoms with Crippen LogP contribution in [0.3, 0.4) is 0 Å². The van der Waals surface area contributed by atoms with E-state index in [2.05, 4.69) is 6.92 Å². The Morgan fingerprint density at radius 3 is 2.60 bits per heavy atom. The normalized spacial score (nSPS) is 31.0. The van der Waals surface area contributed by atoms with Crippen molar-refractivity contribution in [2.75, 3.05) is 12.5 Å². The van der Waals surface area contributed by atoms with Crippen molar-refractivity contribution in [1.29, 1.82) is 0 Å². The molecule has 1 heterocycles. The van der Waals surface area contributed by atoms with E-state index in [1.807, 2.05) is 6.92 Å². The SMILES string of the molecule is CCCCCCC[C@]1(C)OC[C@H](CCl)O1. The third-order valence-electron chi connectivity index (χ3n) is 2.90. The molecule has 0 aromatic carbocycles. The highest BCUT2D eigenvalue weighted by molar-refractivity contribution is 6.18. The predicted octanol–water partition coefficient (Wildman–Crippen LogP) is 3.72. The van der Waals surface area contributed by atoms with Crippen molar-refractivity contribution in [3.8, 4) is 0 Å². The van der Waals surface area contributed by atoms with Gasteiger partial charge in [0.15, 0.2) is 5.79 Å². The van der Waals surface area contributed by atoms with Crippen molar-refractivity contribution in [2.24, 2.45) is 0 Å². The lowest BCUT2D eigenvalue weighted by Crippen LogP contribution is -2.26. The lowest BCUT2D eigenvalue weighted by atomic mass is 10.1. The molecule has 0 N–H and O–H groups in total. The van der Waals surface area contributed by atoms with E-state index in [9.17, 15) is 0 Å². The number of alkyl halides is 1. The van der Waals surface area contributed by atoms with E-state index in [-0.39, 0.29) is 11.9 Å². The van der Waals surface area contributed by atoms with Crippen molar-refractivity contribution in [3.63, 3.8) is 0 Å². The molecule has 0 amide bonds. The molecule has 0 aromatic rings. The molecule has 0 radical (unpaired) electrons. The van der Waals surface area contributed by atoms with Gasteiger partial charge in [-0.3, -0.25) is 0 Å². The van der Waals surface area contributed by atoms with Crippen molar-refractivity contribution < 1.29 is 9.47 Å². The summed E-state index contributed by atoms with van der Waals surface area (Å²) in [5.41, 5.74) is 0. The summed E-state index contributed by atoms with van der Waals surface area (Å²) in [5, 5.41) is 0. The van der Waals surface area contributed by atoms with Crippen LogP contribution in [0.15, 0.2) is 0 Å². The number of hydrogen-bond acceptors (Lipinski definition) is 2. The van der Waals surface area contributed by atoms with E-state index < -0.39 is 0 Å². The molecule has 1 saturated heterocycles. The van der Waals surface area contributed by atoms with Crippen LogP contribution in [0.25, 0.3) is 0 Å². The molecule has 15 heavy (non-hydrogen) atoms. The van der Waals surface area contributed by atoms with Crippen molar-refractivity contribution in [2.45, 2.75) is 64.3 Å². The minimum Gasteiger partial charge on any atom is -0.347 e. The Kier molecular flexibility index (Phi) is 5.95. The standard InChI is InChI=1S/C12H23ClO2/c1-3-4-5-6-7-8-12(2)14-10-11(9-13)15-12/h11H,3-10H2,1-2H3/t11-,12+/m0/s1. The maximum Gasteiger partial charge on any atom is 0.166 e. The number of ether oxygens (including phenoxy) is 2. The fourth-order valence-corrected chi connectivity index (χ4v) is 2.10. The summed E-state index contributed by atoms with van der Waals surface area (Å²) in [6.45, 7) is 4.91. The highest BCUT2D eigenvalue weighted by Crippen LogP contribution is 2.29. The van der Waals surface area contributed by atoms with Crippen LogP contribution in [0.1, 0.15) is 52.4 Å². The topological polar surface area (TPSA) is 18.5 Å². The summed E-state index contributed by atoms with van der Waals surface area (Å²) in [7, 11) is 0. The molecule has 0 unspecified atom stereocenters. The highest BCUT2D eigenvalue weighted by atomic mass is 35.5. The molecular formula is C12H23ClO2. The summed E-state index contributed by atoms with van der Waals surface area (Å²) in [5.74, 6) is 0.164. The maximum atomic E-state index is 5.75. The Bertz CT molecular complexity index is 175. The fraction of sp³-hybridized carbons (Fsp3) is 1.00. The Morgan fingerprint density at radius 1 is 1.27 bits per heavy atom. The van der Waals surface area contributed by atoms with Gasteiger partial charge in [-0.1, -0.05) is 32.6 Å². The summed E-state index contributed by atoms with van der Waals surface area (Å²) < 4.78 is 11.4. The van der Waals surface area contributed by atoms with E-state index in [1.165, 1.54) is 32.1 Å². The lowest BCUT2D eigenvalue weighted by molar-refractivity contribution is -0.156. The molecule has 1 aliphatic heterocycles. The Labute approximate surface area is 98.3 Å². The number of halogens is 1. The number of unbranched alkanes of at least 4 members (excludes halogenated alkanes) is 4. The molecule has 1 fully saturated rings. The molecular weight excluding hydrogens is 212 g/mol. The second-order valence-corrected chi connectivity index (χ2v) is 4.81. The van der Waals surface area contributed by atoms with Gasteiger partial charge < -0.3 is 9.47 Å². The van der Waals surface area contributed by atoms with E-state index in [0.29, 0.717) is 12.5 Å². The van der Waals surface area contributed by atoms with Crippen LogP contribution < -0.4 is 0 Å². The smallest absolute Gasteiger partial charge is 0.166 e. The summed E-state index contributed by atoms with van der Waals surface area (Å²) in [4.78, 5) is 0. The van der Waals surface area contributed by atoms with Crippen LogP contribution in [0.4, 0.5) is 0 Å². The number of hydrogen-bond donors (Lipinski definition) is 0. The first-order valence-corrected chi connectivity index (χ1v) is 6.61. The molecule has 1 aliphatic rings. The van der Waals surface area contributed by atoms with Crippen LogP contribution >= 0.6 is 11.6 Å². The molecule has 2 atom stereocenters. The van der Waals surface area contributed by atoms with Gasteiger partial charge in [0.1, 0.15) is 0 Å². The van der Waals surface area contributed by atoms with Gasteiger partial charge in [-0.2, -0.15) is 0 Å². The summed E-state index contributed by atoms with van der Waals surface area (Å²) in [6.07, 6.45) is 7.50. The summed E-state index contributed by atoms with van der Waals surface area (Å²) >= 11 is 5.73. The van der Waals surface area contributed by atoms with Crippen molar-refractivity contribution in [3.05, 3.63) is 0 Å². The Morgan fingerprint density at radius 2 is 2.00 bits per heavy atom. The van der Waals surface area contributed by atoms with Crippen LogP contribution in [0.5, 0.6) is 0 Å². The van der Waals surface area contributed by atoms with Gasteiger partial charge in [0, 0.05) is 6.42 Å². The van der Waals surface area contributed by atoms with Crippen LogP contribution in [-0.2, 0) is 9.47 Å². The van der Waals surface area contributed by atoms with Gasteiger partial charge in [-0.05, 0) is 13.3 Å². The third kappa shape index (κ3) is 4.71. The maximum absolute atomic E-state index is 5.75. The molecule has 0 bridgehead atoms. The molecule has 0 aromatic heterocycles. The van der Waals surface area contributed by atoms with Crippen LogP contribution in [0, 0.1) is 0 Å². The number of rotatable bonds is 7. The second kappa shape index (κ2) is 6.72. The van der Waals surface area contributed by atoms with Crippen LogP contribution in [-0.4, -0.2) is 24.4 Å². The zero-order chi connectivity index (χ0) is 11.1. The quantitative estimate of drug-likeness (QED) is 0.494. The molecule has 0 aliphatic carbocycles. The molecule has 3 heteroatoms. The predicted molar refractivity (Wildman–Crippen MR) is 63.3 cm³/mol. The summed E-state index contributed by atoms with van der Waals surface area (Å²) in [6, 6.07) is 0. The third-order valence-corrected chi connectivity index (χ3v) is 3.24. The van der Waals surface area contributed by atoms with Crippen molar-refractivity contribution in [1.82, 2.24) is 0 Å². The average molecular weight is 235 g/mol. The largest absolute Gasteiger partial charge is 0.347 e. The monoisotopic (exact) mass is 234 g/mol. The second-order valence-electron chi connectivity index (χ2n) is 4.50. The lowest BCUT2D eigenvalue weighted by Gasteiger charge is -2.22. The first-order valence-electron chi connectivity index (χ1n) is 6.08. The minimum absolute atomic E-state index is 0.0901. The first-order chi connectivity index (χ1) is 7.20. The van der Waals surface area contributed by atoms with Gasteiger partial charge in [-0.25, -0.2) is 0 Å².